The molecule has 0 aromatic carbocycles. The summed E-state index contributed by atoms with van der Waals surface area (Å²) in [6.45, 7) is 0. The summed E-state index contributed by atoms with van der Waals surface area (Å²) in [5, 5.41) is -0.119. The molecule has 1 heterocycles. The Kier molecular flexibility index (Phi) is 3.91. The van der Waals surface area contributed by atoms with E-state index in [1.807, 2.05) is 0 Å². The summed E-state index contributed by atoms with van der Waals surface area (Å²) >= 11 is 5.56. The Labute approximate surface area is 94.4 Å². The lowest BCUT2D eigenvalue weighted by atomic mass is 10.2. The number of carbonyl (C=O) groups excluding carboxylic acids is 1. The van der Waals surface area contributed by atoms with Crippen LogP contribution in [-0.4, -0.2) is 11.3 Å². The quantitative estimate of drug-likeness (QED) is 0.434. The molecule has 0 radical (unpaired) electrons. The van der Waals surface area contributed by atoms with Gasteiger partial charge in [0, 0.05) is 6.20 Å². The van der Waals surface area contributed by atoms with Crippen LogP contribution in [0.15, 0.2) is 12.3 Å². The summed E-state index contributed by atoms with van der Waals surface area (Å²) < 4.78 is 36.9. The molecule has 0 N–H and O–H groups in total. The van der Waals surface area contributed by atoms with E-state index in [-0.39, 0.29) is 17.1 Å². The molecule has 0 unspecified atom stereocenters. The normalized spacial score (nSPS) is 10.5. The van der Waals surface area contributed by atoms with E-state index in [9.17, 15) is 18.0 Å². The van der Waals surface area contributed by atoms with Gasteiger partial charge in [0.25, 0.3) is 0 Å². The monoisotopic (exact) mass is 247 g/mol. The van der Waals surface area contributed by atoms with Gasteiger partial charge in [0.2, 0.25) is 0 Å². The van der Waals surface area contributed by atoms with Crippen LogP contribution in [0.25, 0.3) is 0 Å². The third kappa shape index (κ3) is 3.24. The molecule has 0 aliphatic rings. The van der Waals surface area contributed by atoms with Gasteiger partial charge in [-0.25, -0.2) is 4.98 Å². The molecule has 0 atom stereocenters. The zero-order valence-corrected chi connectivity index (χ0v) is 8.56. The molecule has 0 amide bonds. The first-order valence-electron chi connectivity index (χ1n) is 4.10. The zero-order valence-electron chi connectivity index (χ0n) is 7.81. The summed E-state index contributed by atoms with van der Waals surface area (Å²) in [6, 6.07) is 0.799. The maximum absolute atomic E-state index is 12.3. The first-order chi connectivity index (χ1) is 7.45. The number of pyridine rings is 1. The van der Waals surface area contributed by atoms with Crippen LogP contribution in [0.3, 0.4) is 0 Å². The number of aromatic nitrogens is 1. The van der Waals surface area contributed by atoms with Gasteiger partial charge in [-0.1, -0.05) is 23.4 Å². The number of carbonyl (C=O) groups is 1. The number of hydrogen-bond donors (Lipinski definition) is 0. The highest BCUT2D eigenvalue weighted by atomic mass is 35.5. The van der Waals surface area contributed by atoms with Crippen molar-refractivity contribution < 1.29 is 18.0 Å². The molecule has 0 fully saturated rings. The van der Waals surface area contributed by atoms with Crippen molar-refractivity contribution in [1.29, 1.82) is 0 Å². The molecule has 0 spiro atoms. The van der Waals surface area contributed by atoms with Crippen LogP contribution < -0.4 is 0 Å². The maximum atomic E-state index is 12.3. The van der Waals surface area contributed by atoms with Gasteiger partial charge in [0.1, 0.15) is 11.4 Å². The fourth-order valence-electron chi connectivity index (χ4n) is 0.879. The third-order valence-electron chi connectivity index (χ3n) is 1.57. The van der Waals surface area contributed by atoms with Crippen molar-refractivity contribution in [3.8, 4) is 11.8 Å². The molecule has 0 aliphatic carbocycles. The van der Waals surface area contributed by atoms with Gasteiger partial charge < -0.3 is 4.79 Å². The van der Waals surface area contributed by atoms with Crippen LogP contribution in [0.5, 0.6) is 0 Å². The number of hydrogen-bond acceptors (Lipinski definition) is 2. The van der Waals surface area contributed by atoms with Gasteiger partial charge in [0.05, 0.1) is 17.5 Å². The maximum Gasteiger partial charge on any atom is 0.417 e. The van der Waals surface area contributed by atoms with Crippen LogP contribution in [0, 0.1) is 11.8 Å². The second kappa shape index (κ2) is 4.99. The van der Waals surface area contributed by atoms with Crippen molar-refractivity contribution in [1.82, 2.24) is 4.98 Å². The van der Waals surface area contributed by atoms with Crippen molar-refractivity contribution in [3.05, 3.63) is 28.5 Å². The Morgan fingerprint density at radius 1 is 1.50 bits per heavy atom. The van der Waals surface area contributed by atoms with Crippen molar-refractivity contribution in [2.75, 3.05) is 0 Å². The fourth-order valence-corrected chi connectivity index (χ4v) is 1.03. The summed E-state index contributed by atoms with van der Waals surface area (Å²) in [6.07, 6.45) is -3.37. The molecule has 1 aromatic rings. The number of alkyl halides is 3. The van der Waals surface area contributed by atoms with Gasteiger partial charge in [-0.3, -0.25) is 0 Å². The van der Waals surface area contributed by atoms with E-state index in [2.05, 4.69) is 16.8 Å². The molecule has 0 bridgehead atoms. The minimum atomic E-state index is -4.49. The number of halogens is 4. The molecule has 1 rings (SSSR count). The molecule has 0 saturated carbocycles. The Balaban J connectivity index is 3.10. The lowest BCUT2D eigenvalue weighted by Crippen LogP contribution is -2.06. The Morgan fingerprint density at radius 3 is 2.75 bits per heavy atom. The smallest absolute Gasteiger partial charge is 0.302 e. The van der Waals surface area contributed by atoms with Crippen molar-refractivity contribution >= 4 is 17.9 Å². The van der Waals surface area contributed by atoms with Gasteiger partial charge in [-0.05, 0) is 6.07 Å². The first-order valence-corrected chi connectivity index (χ1v) is 4.48. The largest absolute Gasteiger partial charge is 0.417 e. The number of nitrogens with zero attached hydrogens (tertiary/aromatic N) is 1. The van der Waals surface area contributed by atoms with Gasteiger partial charge >= 0.3 is 6.18 Å². The third-order valence-corrected chi connectivity index (χ3v) is 1.88. The summed E-state index contributed by atoms with van der Waals surface area (Å²) in [5.74, 6) is 4.71. The molecule has 1 aromatic heterocycles. The molecular formula is C10H5ClF3NO. The van der Waals surface area contributed by atoms with E-state index in [1.54, 1.807) is 0 Å². The summed E-state index contributed by atoms with van der Waals surface area (Å²) in [7, 11) is 0. The number of aldehydes is 1. The zero-order chi connectivity index (χ0) is 12.2. The minimum absolute atomic E-state index is 0.0432. The first kappa shape index (κ1) is 12.5. The van der Waals surface area contributed by atoms with E-state index >= 15 is 0 Å². The van der Waals surface area contributed by atoms with Gasteiger partial charge in [-0.2, -0.15) is 13.2 Å². The van der Waals surface area contributed by atoms with Crippen LogP contribution in [0.2, 0.25) is 5.15 Å². The molecule has 0 saturated heterocycles. The fraction of sp³-hybridized carbons (Fsp3) is 0.200. The Hall–Kier alpha value is -1.54. The van der Waals surface area contributed by atoms with Crippen LogP contribution in [-0.2, 0) is 11.0 Å². The SMILES string of the molecule is O=CCC#Cc1cc(C(F)(F)F)cnc1Cl. The highest BCUT2D eigenvalue weighted by molar-refractivity contribution is 6.30. The van der Waals surface area contributed by atoms with Crippen molar-refractivity contribution in [2.45, 2.75) is 12.6 Å². The highest BCUT2D eigenvalue weighted by Gasteiger charge is 2.31. The van der Waals surface area contributed by atoms with Crippen LogP contribution in [0.4, 0.5) is 13.2 Å². The van der Waals surface area contributed by atoms with Crippen LogP contribution in [0.1, 0.15) is 17.5 Å². The molecule has 16 heavy (non-hydrogen) atoms. The van der Waals surface area contributed by atoms with Crippen molar-refractivity contribution in [2.24, 2.45) is 0 Å². The van der Waals surface area contributed by atoms with Gasteiger partial charge in [0.15, 0.2) is 0 Å². The average Bonchev–Trinajstić information content (AvgIpc) is 2.19. The van der Waals surface area contributed by atoms with E-state index in [0.717, 1.165) is 6.07 Å². The number of rotatable bonds is 1. The lowest BCUT2D eigenvalue weighted by Gasteiger charge is -2.06. The van der Waals surface area contributed by atoms with E-state index in [0.29, 0.717) is 12.5 Å². The van der Waals surface area contributed by atoms with Gasteiger partial charge in [-0.15, -0.1) is 0 Å². The van der Waals surface area contributed by atoms with E-state index in [4.69, 9.17) is 11.6 Å². The lowest BCUT2D eigenvalue weighted by molar-refractivity contribution is -0.137. The predicted molar refractivity (Wildman–Crippen MR) is 51.8 cm³/mol. The predicted octanol–water partition coefficient (Wildman–Crippen LogP) is 2.69. The topological polar surface area (TPSA) is 30.0 Å². The minimum Gasteiger partial charge on any atom is -0.302 e. The summed E-state index contributed by atoms with van der Waals surface area (Å²) in [5.41, 5.74) is -0.967. The second-order valence-corrected chi connectivity index (χ2v) is 3.09. The molecule has 2 nitrogen and oxygen atoms in total. The van der Waals surface area contributed by atoms with Crippen LogP contribution >= 0.6 is 11.6 Å². The molecular weight excluding hydrogens is 243 g/mol. The molecule has 84 valence electrons. The molecule has 0 aliphatic heterocycles. The van der Waals surface area contributed by atoms with E-state index in [1.165, 1.54) is 0 Å². The Morgan fingerprint density at radius 2 is 2.19 bits per heavy atom. The Bertz CT molecular complexity index is 459. The molecule has 6 heteroatoms. The standard InChI is InChI=1S/C10H5ClF3NO/c11-9-7(3-1-2-4-16)5-8(6-15-9)10(12,13)14/h4-6H,2H2. The second-order valence-electron chi connectivity index (χ2n) is 2.73. The van der Waals surface area contributed by atoms with Crippen molar-refractivity contribution in [3.63, 3.8) is 0 Å². The van der Waals surface area contributed by atoms with E-state index < -0.39 is 11.7 Å². The highest BCUT2D eigenvalue weighted by Crippen LogP contribution is 2.30. The summed E-state index contributed by atoms with van der Waals surface area (Å²) in [4.78, 5) is 13.4. The average molecular weight is 248 g/mol.